The zero-order valence-corrected chi connectivity index (χ0v) is 17.6. The SMILES string of the molecule is CC1(C)OB(c2ccc(-n3c4ccccc4c4cc(C#N)ccc43)cc2)OC1(C)C. The molecule has 0 aliphatic carbocycles. The number of benzene rings is 3. The van der Waals surface area contributed by atoms with Crippen molar-refractivity contribution in [3.63, 3.8) is 0 Å². The van der Waals surface area contributed by atoms with Crippen LogP contribution in [0.25, 0.3) is 27.5 Å². The van der Waals surface area contributed by atoms with Gasteiger partial charge in [-0.25, -0.2) is 0 Å². The van der Waals surface area contributed by atoms with Crippen molar-refractivity contribution in [3.05, 3.63) is 72.3 Å². The molecule has 0 atom stereocenters. The molecule has 0 unspecified atom stereocenters. The summed E-state index contributed by atoms with van der Waals surface area (Å²) in [7, 11) is -0.375. The molecule has 0 saturated carbocycles. The third kappa shape index (κ3) is 2.76. The maximum absolute atomic E-state index is 9.32. The van der Waals surface area contributed by atoms with E-state index in [0.717, 1.165) is 33.0 Å². The molecule has 0 spiro atoms. The number of hydrogen-bond acceptors (Lipinski definition) is 3. The first-order valence-corrected chi connectivity index (χ1v) is 10.2. The number of nitriles is 1. The van der Waals surface area contributed by atoms with E-state index in [1.807, 2.05) is 30.3 Å². The van der Waals surface area contributed by atoms with Crippen molar-refractivity contribution in [2.75, 3.05) is 0 Å². The van der Waals surface area contributed by atoms with Crippen LogP contribution in [0.1, 0.15) is 33.3 Å². The largest absolute Gasteiger partial charge is 0.494 e. The smallest absolute Gasteiger partial charge is 0.399 e. The maximum Gasteiger partial charge on any atom is 0.494 e. The highest BCUT2D eigenvalue weighted by molar-refractivity contribution is 6.62. The summed E-state index contributed by atoms with van der Waals surface area (Å²) in [5.74, 6) is 0. The van der Waals surface area contributed by atoms with Gasteiger partial charge >= 0.3 is 7.12 Å². The van der Waals surface area contributed by atoms with Crippen LogP contribution in [0.15, 0.2) is 66.7 Å². The van der Waals surface area contributed by atoms with Crippen LogP contribution in [-0.4, -0.2) is 22.9 Å². The van der Waals surface area contributed by atoms with E-state index in [4.69, 9.17) is 9.31 Å². The van der Waals surface area contributed by atoms with Crippen molar-refractivity contribution in [2.24, 2.45) is 0 Å². The Balaban J connectivity index is 1.61. The Labute approximate surface area is 176 Å². The van der Waals surface area contributed by atoms with E-state index in [1.54, 1.807) is 0 Å². The van der Waals surface area contributed by atoms with Crippen molar-refractivity contribution in [2.45, 2.75) is 38.9 Å². The topological polar surface area (TPSA) is 47.2 Å². The number of nitrogens with zero attached hydrogens (tertiary/aromatic N) is 2. The molecule has 5 heteroatoms. The van der Waals surface area contributed by atoms with E-state index in [-0.39, 0.29) is 18.3 Å². The number of aromatic nitrogens is 1. The Morgan fingerprint density at radius 2 is 1.43 bits per heavy atom. The molecule has 5 rings (SSSR count). The average molecular weight is 394 g/mol. The molecule has 0 N–H and O–H groups in total. The van der Waals surface area contributed by atoms with Crippen LogP contribution in [0.2, 0.25) is 0 Å². The molecule has 0 radical (unpaired) electrons. The van der Waals surface area contributed by atoms with Gasteiger partial charge in [0.2, 0.25) is 0 Å². The van der Waals surface area contributed by atoms with Gasteiger partial charge in [0.25, 0.3) is 0 Å². The standard InChI is InChI=1S/C25H23BN2O2/c1-24(2)25(3,4)30-26(29-24)18-10-12-19(13-11-18)28-22-8-6-5-7-20(22)21-15-17(16-27)9-14-23(21)28/h5-15H,1-4H3. The van der Waals surface area contributed by atoms with Gasteiger partial charge in [0.15, 0.2) is 0 Å². The Kier molecular flexibility index (Phi) is 4.08. The fourth-order valence-electron chi connectivity index (χ4n) is 4.08. The molecule has 1 aliphatic heterocycles. The Bertz CT molecular complexity index is 1300. The van der Waals surface area contributed by atoms with Crippen LogP contribution in [0.4, 0.5) is 0 Å². The van der Waals surface area contributed by atoms with Gasteiger partial charge in [0, 0.05) is 16.5 Å². The summed E-state index contributed by atoms with van der Waals surface area (Å²) in [6.45, 7) is 8.26. The summed E-state index contributed by atoms with van der Waals surface area (Å²) in [5, 5.41) is 11.5. The molecular weight excluding hydrogens is 371 g/mol. The molecule has 1 saturated heterocycles. The molecule has 0 amide bonds. The molecule has 1 aromatic heterocycles. The quantitative estimate of drug-likeness (QED) is 0.452. The van der Waals surface area contributed by atoms with Gasteiger partial charge in [0.05, 0.1) is 33.9 Å². The Morgan fingerprint density at radius 1 is 0.800 bits per heavy atom. The van der Waals surface area contributed by atoms with E-state index in [9.17, 15) is 5.26 Å². The molecular formula is C25H23BN2O2. The van der Waals surface area contributed by atoms with Crippen LogP contribution in [0.5, 0.6) is 0 Å². The molecule has 2 heterocycles. The van der Waals surface area contributed by atoms with Crippen molar-refractivity contribution in [1.29, 1.82) is 5.26 Å². The zero-order valence-electron chi connectivity index (χ0n) is 17.6. The summed E-state index contributed by atoms with van der Waals surface area (Å²) in [6, 6.07) is 24.8. The van der Waals surface area contributed by atoms with Crippen LogP contribution >= 0.6 is 0 Å². The number of para-hydroxylation sites is 1. The van der Waals surface area contributed by atoms with Crippen molar-refractivity contribution < 1.29 is 9.31 Å². The molecule has 148 valence electrons. The lowest BCUT2D eigenvalue weighted by Crippen LogP contribution is -2.41. The molecule has 4 aromatic rings. The first kappa shape index (κ1) is 18.9. The first-order valence-electron chi connectivity index (χ1n) is 10.2. The Morgan fingerprint density at radius 3 is 2.10 bits per heavy atom. The van der Waals surface area contributed by atoms with E-state index in [0.29, 0.717) is 5.56 Å². The van der Waals surface area contributed by atoms with Crippen molar-refractivity contribution >= 4 is 34.4 Å². The second kappa shape index (κ2) is 6.47. The third-order valence-corrected chi connectivity index (χ3v) is 6.48. The van der Waals surface area contributed by atoms with E-state index >= 15 is 0 Å². The minimum atomic E-state index is -0.375. The fraction of sp³-hybridized carbons (Fsp3) is 0.240. The van der Waals surface area contributed by atoms with E-state index in [1.165, 1.54) is 0 Å². The lowest BCUT2D eigenvalue weighted by Gasteiger charge is -2.32. The van der Waals surface area contributed by atoms with Crippen LogP contribution in [0, 0.1) is 11.3 Å². The van der Waals surface area contributed by atoms with E-state index in [2.05, 4.69) is 74.7 Å². The Hall–Kier alpha value is -3.07. The number of fused-ring (bicyclic) bond motifs is 3. The second-order valence-electron chi connectivity index (χ2n) is 8.88. The molecule has 1 aliphatic rings. The highest BCUT2D eigenvalue weighted by Crippen LogP contribution is 2.37. The van der Waals surface area contributed by atoms with Crippen molar-refractivity contribution in [1.82, 2.24) is 4.57 Å². The van der Waals surface area contributed by atoms with Gasteiger partial charge in [-0.3, -0.25) is 0 Å². The number of rotatable bonds is 2. The minimum Gasteiger partial charge on any atom is -0.399 e. The van der Waals surface area contributed by atoms with Gasteiger partial charge in [0.1, 0.15) is 0 Å². The molecule has 4 nitrogen and oxygen atoms in total. The van der Waals surface area contributed by atoms with E-state index < -0.39 is 0 Å². The second-order valence-corrected chi connectivity index (χ2v) is 8.88. The normalized spacial score (nSPS) is 17.5. The van der Waals surface area contributed by atoms with Gasteiger partial charge in [-0.1, -0.05) is 30.3 Å². The average Bonchev–Trinajstić information content (AvgIpc) is 3.17. The lowest BCUT2D eigenvalue weighted by molar-refractivity contribution is 0.00578. The minimum absolute atomic E-state index is 0.360. The summed E-state index contributed by atoms with van der Waals surface area (Å²) in [5.41, 5.74) is 4.21. The van der Waals surface area contributed by atoms with Gasteiger partial charge < -0.3 is 13.9 Å². The van der Waals surface area contributed by atoms with Crippen LogP contribution < -0.4 is 5.46 Å². The monoisotopic (exact) mass is 394 g/mol. The number of hydrogen-bond donors (Lipinski definition) is 0. The lowest BCUT2D eigenvalue weighted by atomic mass is 9.79. The third-order valence-electron chi connectivity index (χ3n) is 6.48. The molecule has 1 fully saturated rings. The first-order chi connectivity index (χ1) is 14.3. The van der Waals surface area contributed by atoms with Gasteiger partial charge in [-0.15, -0.1) is 0 Å². The highest BCUT2D eigenvalue weighted by atomic mass is 16.7. The molecule has 3 aromatic carbocycles. The fourth-order valence-corrected chi connectivity index (χ4v) is 4.08. The highest BCUT2D eigenvalue weighted by Gasteiger charge is 2.51. The predicted octanol–water partition coefficient (Wildman–Crippen LogP) is 4.95. The predicted molar refractivity (Wildman–Crippen MR) is 121 cm³/mol. The summed E-state index contributed by atoms with van der Waals surface area (Å²) in [4.78, 5) is 0. The summed E-state index contributed by atoms with van der Waals surface area (Å²) in [6.07, 6.45) is 0. The summed E-state index contributed by atoms with van der Waals surface area (Å²) < 4.78 is 14.6. The van der Waals surface area contributed by atoms with Gasteiger partial charge in [-0.2, -0.15) is 5.26 Å². The summed E-state index contributed by atoms with van der Waals surface area (Å²) >= 11 is 0. The van der Waals surface area contributed by atoms with Crippen LogP contribution in [0.3, 0.4) is 0 Å². The zero-order chi connectivity index (χ0) is 21.1. The molecule has 30 heavy (non-hydrogen) atoms. The van der Waals surface area contributed by atoms with Gasteiger partial charge in [-0.05, 0) is 69.6 Å². The molecule has 0 bridgehead atoms. The maximum atomic E-state index is 9.32. The van der Waals surface area contributed by atoms with Crippen LogP contribution in [-0.2, 0) is 9.31 Å². The van der Waals surface area contributed by atoms with Crippen molar-refractivity contribution in [3.8, 4) is 11.8 Å².